The molecule has 0 atom stereocenters. The molecule has 0 aliphatic carbocycles. The lowest BCUT2D eigenvalue weighted by Crippen LogP contribution is -2.15. The van der Waals surface area contributed by atoms with Crippen LogP contribution in [0.25, 0.3) is 0 Å². The first-order valence-electron chi connectivity index (χ1n) is 8.90. The first-order valence-corrected chi connectivity index (χ1v) is 10.4. The summed E-state index contributed by atoms with van der Waals surface area (Å²) in [6, 6.07) is 14.1. The third-order valence-electron chi connectivity index (χ3n) is 4.02. The molecule has 0 fully saturated rings. The first-order chi connectivity index (χ1) is 14.3. The number of halogens is 2. The van der Waals surface area contributed by atoms with Gasteiger partial charge in [-0.25, -0.2) is 17.2 Å². The maximum atomic E-state index is 14.4. The summed E-state index contributed by atoms with van der Waals surface area (Å²) in [5, 5.41) is 2.33. The van der Waals surface area contributed by atoms with Crippen molar-refractivity contribution in [3.05, 3.63) is 83.9 Å². The number of carbonyl (C=O) groups excluding carboxylic acids is 1. The van der Waals surface area contributed by atoms with Gasteiger partial charge in [0.15, 0.2) is 0 Å². The lowest BCUT2D eigenvalue weighted by atomic mass is 10.2. The Kier molecular flexibility index (Phi) is 6.31. The highest BCUT2D eigenvalue weighted by Crippen LogP contribution is 2.23. The van der Waals surface area contributed by atoms with Crippen LogP contribution in [0.2, 0.25) is 0 Å². The normalized spacial score (nSPS) is 11.0. The van der Waals surface area contributed by atoms with E-state index in [2.05, 4.69) is 10.0 Å². The third kappa shape index (κ3) is 5.12. The molecular weight excluding hydrogens is 414 g/mol. The second-order valence-corrected chi connectivity index (χ2v) is 7.85. The zero-order valence-electron chi connectivity index (χ0n) is 15.9. The number of sulfonamides is 1. The van der Waals surface area contributed by atoms with Gasteiger partial charge in [0.2, 0.25) is 0 Å². The molecule has 0 aliphatic rings. The van der Waals surface area contributed by atoms with E-state index in [-0.39, 0.29) is 21.8 Å². The number of carbonyl (C=O) groups is 1. The van der Waals surface area contributed by atoms with Crippen molar-refractivity contribution in [2.24, 2.45) is 0 Å². The summed E-state index contributed by atoms with van der Waals surface area (Å²) >= 11 is 0. The lowest BCUT2D eigenvalue weighted by Gasteiger charge is -2.11. The van der Waals surface area contributed by atoms with Crippen LogP contribution in [0.5, 0.6) is 5.75 Å². The molecule has 156 valence electrons. The second kappa shape index (κ2) is 8.91. The predicted molar refractivity (Wildman–Crippen MR) is 109 cm³/mol. The largest absolute Gasteiger partial charge is 0.494 e. The molecule has 2 N–H and O–H groups in total. The lowest BCUT2D eigenvalue weighted by molar-refractivity contribution is 0.102. The molecule has 0 radical (unpaired) electrons. The summed E-state index contributed by atoms with van der Waals surface area (Å²) in [6.45, 7) is 2.31. The number of ether oxygens (including phenoxy) is 1. The Morgan fingerprint density at radius 3 is 2.23 bits per heavy atom. The molecule has 3 aromatic carbocycles. The van der Waals surface area contributed by atoms with E-state index >= 15 is 0 Å². The van der Waals surface area contributed by atoms with Crippen LogP contribution in [0.1, 0.15) is 17.3 Å². The van der Waals surface area contributed by atoms with Gasteiger partial charge >= 0.3 is 0 Å². The quantitative estimate of drug-likeness (QED) is 0.579. The zero-order valence-corrected chi connectivity index (χ0v) is 16.7. The number of hydrogen-bond donors (Lipinski definition) is 2. The monoisotopic (exact) mass is 432 g/mol. The number of benzene rings is 3. The van der Waals surface area contributed by atoms with Gasteiger partial charge in [0, 0.05) is 11.3 Å². The van der Waals surface area contributed by atoms with Gasteiger partial charge in [-0.05, 0) is 73.7 Å². The standard InChI is InChI=1S/C21H18F2N2O4S/c1-2-29-17-9-7-16(8-10-17)25-30(27,28)18-11-12-20(19(23)13-18)24-21(26)14-3-5-15(22)6-4-14/h3-13,25H,2H2,1H3,(H,24,26). The van der Waals surface area contributed by atoms with Gasteiger partial charge in [-0.2, -0.15) is 0 Å². The Morgan fingerprint density at radius 1 is 0.967 bits per heavy atom. The van der Waals surface area contributed by atoms with Crippen molar-refractivity contribution in [2.75, 3.05) is 16.6 Å². The topological polar surface area (TPSA) is 84.5 Å². The van der Waals surface area contributed by atoms with E-state index < -0.39 is 27.6 Å². The molecule has 0 aromatic heterocycles. The number of anilines is 2. The van der Waals surface area contributed by atoms with Crippen molar-refractivity contribution in [1.29, 1.82) is 0 Å². The minimum absolute atomic E-state index is 0.129. The van der Waals surface area contributed by atoms with E-state index in [1.54, 1.807) is 12.1 Å². The minimum atomic E-state index is -4.05. The predicted octanol–water partition coefficient (Wildman–Crippen LogP) is 4.42. The maximum absolute atomic E-state index is 14.4. The molecule has 0 aliphatic heterocycles. The molecule has 1 amide bonds. The maximum Gasteiger partial charge on any atom is 0.261 e. The van der Waals surface area contributed by atoms with Crippen LogP contribution < -0.4 is 14.8 Å². The molecule has 3 rings (SSSR count). The van der Waals surface area contributed by atoms with Gasteiger partial charge in [-0.15, -0.1) is 0 Å². The molecule has 0 unspecified atom stereocenters. The van der Waals surface area contributed by atoms with Crippen molar-refractivity contribution in [1.82, 2.24) is 0 Å². The Labute approximate surface area is 172 Å². The molecule has 0 saturated heterocycles. The van der Waals surface area contributed by atoms with Crippen molar-refractivity contribution >= 4 is 27.3 Å². The molecule has 0 heterocycles. The molecule has 30 heavy (non-hydrogen) atoms. The van der Waals surface area contributed by atoms with Crippen LogP contribution in [-0.2, 0) is 10.0 Å². The highest BCUT2D eigenvalue weighted by molar-refractivity contribution is 7.92. The van der Waals surface area contributed by atoms with E-state index in [1.165, 1.54) is 30.3 Å². The fourth-order valence-electron chi connectivity index (χ4n) is 2.56. The van der Waals surface area contributed by atoms with Crippen LogP contribution in [0.15, 0.2) is 71.6 Å². The Morgan fingerprint density at radius 2 is 1.63 bits per heavy atom. The van der Waals surface area contributed by atoms with Crippen LogP contribution in [0, 0.1) is 11.6 Å². The van der Waals surface area contributed by atoms with Crippen molar-refractivity contribution in [3.63, 3.8) is 0 Å². The third-order valence-corrected chi connectivity index (χ3v) is 5.40. The van der Waals surface area contributed by atoms with Crippen LogP contribution >= 0.6 is 0 Å². The Hall–Kier alpha value is -3.46. The summed E-state index contributed by atoms with van der Waals surface area (Å²) in [7, 11) is -4.05. The Balaban J connectivity index is 1.74. The fraction of sp³-hybridized carbons (Fsp3) is 0.0952. The summed E-state index contributed by atoms with van der Waals surface area (Å²) in [5.41, 5.74) is 0.210. The summed E-state index contributed by atoms with van der Waals surface area (Å²) in [6.07, 6.45) is 0. The Bertz CT molecular complexity index is 1150. The van der Waals surface area contributed by atoms with Gasteiger partial charge in [0.05, 0.1) is 17.2 Å². The average Bonchev–Trinajstić information content (AvgIpc) is 2.71. The van der Waals surface area contributed by atoms with Gasteiger partial charge in [0.1, 0.15) is 17.4 Å². The van der Waals surface area contributed by atoms with Gasteiger partial charge in [-0.1, -0.05) is 0 Å². The fourth-order valence-corrected chi connectivity index (χ4v) is 3.63. The molecule has 6 nitrogen and oxygen atoms in total. The van der Waals surface area contributed by atoms with Gasteiger partial charge < -0.3 is 10.1 Å². The van der Waals surface area contributed by atoms with E-state index in [0.717, 1.165) is 24.3 Å². The van der Waals surface area contributed by atoms with Crippen molar-refractivity contribution < 1.29 is 26.7 Å². The molecule has 3 aromatic rings. The molecular formula is C21H18F2N2O4S. The molecule has 0 bridgehead atoms. The molecule has 0 saturated carbocycles. The van der Waals surface area contributed by atoms with Crippen molar-refractivity contribution in [2.45, 2.75) is 11.8 Å². The zero-order chi connectivity index (χ0) is 21.7. The number of rotatable bonds is 7. The average molecular weight is 432 g/mol. The number of hydrogen-bond acceptors (Lipinski definition) is 4. The van der Waals surface area contributed by atoms with E-state index in [1.807, 2.05) is 6.92 Å². The van der Waals surface area contributed by atoms with Crippen LogP contribution in [0.4, 0.5) is 20.2 Å². The second-order valence-electron chi connectivity index (χ2n) is 6.17. The first kappa shape index (κ1) is 21.3. The summed E-state index contributed by atoms with van der Waals surface area (Å²) in [5.74, 6) is -1.50. The van der Waals surface area contributed by atoms with E-state index in [9.17, 15) is 22.0 Å². The highest BCUT2D eigenvalue weighted by Gasteiger charge is 2.18. The van der Waals surface area contributed by atoms with Crippen LogP contribution in [0.3, 0.4) is 0 Å². The summed E-state index contributed by atoms with van der Waals surface area (Å²) < 4.78 is 60.0. The van der Waals surface area contributed by atoms with E-state index in [4.69, 9.17) is 4.74 Å². The molecule has 9 heteroatoms. The van der Waals surface area contributed by atoms with Crippen molar-refractivity contribution in [3.8, 4) is 5.75 Å². The smallest absolute Gasteiger partial charge is 0.261 e. The van der Waals surface area contributed by atoms with Gasteiger partial charge in [-0.3, -0.25) is 9.52 Å². The SMILES string of the molecule is CCOc1ccc(NS(=O)(=O)c2ccc(NC(=O)c3ccc(F)cc3)c(F)c2)cc1. The molecule has 0 spiro atoms. The summed E-state index contributed by atoms with van der Waals surface area (Å²) in [4.78, 5) is 11.8. The highest BCUT2D eigenvalue weighted by atomic mass is 32.2. The van der Waals surface area contributed by atoms with Crippen LogP contribution in [-0.4, -0.2) is 20.9 Å². The van der Waals surface area contributed by atoms with E-state index in [0.29, 0.717) is 12.4 Å². The number of amides is 1. The number of nitrogens with one attached hydrogen (secondary N) is 2. The van der Waals surface area contributed by atoms with Gasteiger partial charge in [0.25, 0.3) is 15.9 Å². The minimum Gasteiger partial charge on any atom is -0.494 e.